The van der Waals surface area contributed by atoms with Crippen molar-refractivity contribution in [2.45, 2.75) is 24.1 Å². The average Bonchev–Trinajstić information content (AvgIpc) is 2.62. The van der Waals surface area contributed by atoms with Crippen molar-refractivity contribution in [1.29, 1.82) is 5.26 Å². The average molecular weight is 347 g/mol. The molecule has 3 aromatic rings. The van der Waals surface area contributed by atoms with Crippen LogP contribution in [-0.2, 0) is 4.79 Å². The third-order valence-electron chi connectivity index (χ3n) is 3.85. The molecule has 1 atom stereocenters. The number of benzene rings is 2. The molecular formula is C20H17N3OS. The minimum Gasteiger partial charge on any atom is -0.325 e. The van der Waals surface area contributed by atoms with Gasteiger partial charge in [0.1, 0.15) is 0 Å². The molecular weight excluding hydrogens is 330 g/mol. The molecule has 5 heteroatoms. The Hall–Kier alpha value is -2.84. The number of carbonyl (C=O) groups is 1. The zero-order valence-corrected chi connectivity index (χ0v) is 14.8. The summed E-state index contributed by atoms with van der Waals surface area (Å²) in [5.41, 5.74) is 3.33. The molecule has 3 rings (SSSR count). The highest BCUT2D eigenvalue weighted by Gasteiger charge is 2.16. The topological polar surface area (TPSA) is 65.8 Å². The second-order valence-corrected chi connectivity index (χ2v) is 7.09. The number of aryl methyl sites for hydroxylation is 1. The number of nitrogens with zero attached hydrogens (tertiary/aromatic N) is 2. The van der Waals surface area contributed by atoms with Gasteiger partial charge >= 0.3 is 0 Å². The Morgan fingerprint density at radius 3 is 2.64 bits per heavy atom. The number of anilines is 1. The Labute approximate surface area is 150 Å². The zero-order valence-electron chi connectivity index (χ0n) is 14.0. The van der Waals surface area contributed by atoms with Crippen LogP contribution in [0.15, 0.2) is 59.6 Å². The Bertz CT molecular complexity index is 961. The van der Waals surface area contributed by atoms with E-state index in [4.69, 9.17) is 5.26 Å². The number of pyridine rings is 1. The van der Waals surface area contributed by atoms with Crippen LogP contribution in [0.2, 0.25) is 0 Å². The van der Waals surface area contributed by atoms with Crippen molar-refractivity contribution in [3.63, 3.8) is 0 Å². The molecule has 0 aliphatic carbocycles. The summed E-state index contributed by atoms with van der Waals surface area (Å²) >= 11 is 1.43. The van der Waals surface area contributed by atoms with Gasteiger partial charge in [-0.15, -0.1) is 0 Å². The van der Waals surface area contributed by atoms with E-state index in [9.17, 15) is 4.79 Å². The van der Waals surface area contributed by atoms with E-state index < -0.39 is 0 Å². The largest absolute Gasteiger partial charge is 0.325 e. The van der Waals surface area contributed by atoms with Gasteiger partial charge in [0.15, 0.2) is 0 Å². The van der Waals surface area contributed by atoms with Gasteiger partial charge in [-0.3, -0.25) is 4.79 Å². The van der Waals surface area contributed by atoms with E-state index in [2.05, 4.69) is 23.3 Å². The SMILES string of the molecule is Cc1cc(SC(C)C(=O)Nc2ccc(C#N)cc2)nc2ccccc12. The molecule has 0 saturated heterocycles. The molecule has 0 fully saturated rings. The molecule has 1 heterocycles. The maximum absolute atomic E-state index is 12.4. The van der Waals surface area contributed by atoms with E-state index in [0.29, 0.717) is 11.3 Å². The summed E-state index contributed by atoms with van der Waals surface area (Å²) in [7, 11) is 0. The monoisotopic (exact) mass is 347 g/mol. The lowest BCUT2D eigenvalue weighted by molar-refractivity contribution is -0.115. The molecule has 0 saturated carbocycles. The van der Waals surface area contributed by atoms with Gasteiger partial charge in [-0.1, -0.05) is 30.0 Å². The van der Waals surface area contributed by atoms with Gasteiger partial charge in [0, 0.05) is 11.1 Å². The van der Waals surface area contributed by atoms with E-state index in [1.807, 2.05) is 37.3 Å². The summed E-state index contributed by atoms with van der Waals surface area (Å²) in [6.07, 6.45) is 0. The highest BCUT2D eigenvalue weighted by molar-refractivity contribution is 8.00. The molecule has 124 valence electrons. The maximum Gasteiger partial charge on any atom is 0.237 e. The molecule has 2 aromatic carbocycles. The summed E-state index contributed by atoms with van der Waals surface area (Å²) in [5, 5.41) is 13.4. The second kappa shape index (κ2) is 7.37. The number of hydrogen-bond acceptors (Lipinski definition) is 4. The van der Waals surface area contributed by atoms with Crippen molar-refractivity contribution in [1.82, 2.24) is 4.98 Å². The predicted molar refractivity (Wildman–Crippen MR) is 102 cm³/mol. The van der Waals surface area contributed by atoms with E-state index in [1.165, 1.54) is 11.8 Å². The summed E-state index contributed by atoms with van der Waals surface area (Å²) in [6, 6.07) is 18.9. The van der Waals surface area contributed by atoms with Crippen molar-refractivity contribution >= 4 is 34.3 Å². The first-order chi connectivity index (χ1) is 12.1. The lowest BCUT2D eigenvalue weighted by Crippen LogP contribution is -2.22. The number of nitriles is 1. The van der Waals surface area contributed by atoms with Crippen molar-refractivity contribution in [2.75, 3.05) is 5.32 Å². The van der Waals surface area contributed by atoms with Gasteiger partial charge in [0.2, 0.25) is 5.91 Å². The fraction of sp³-hybridized carbons (Fsp3) is 0.150. The fourth-order valence-electron chi connectivity index (χ4n) is 2.49. The number of para-hydroxylation sites is 1. The van der Waals surface area contributed by atoms with Crippen molar-refractivity contribution in [2.24, 2.45) is 0 Å². The minimum absolute atomic E-state index is 0.0951. The normalized spacial score (nSPS) is 11.7. The molecule has 0 spiro atoms. The minimum atomic E-state index is -0.288. The molecule has 0 aliphatic heterocycles. The Balaban J connectivity index is 1.71. The molecule has 0 bridgehead atoms. The lowest BCUT2D eigenvalue weighted by Gasteiger charge is -2.13. The summed E-state index contributed by atoms with van der Waals surface area (Å²) in [6.45, 7) is 3.91. The van der Waals surface area contributed by atoms with Crippen molar-refractivity contribution in [3.8, 4) is 6.07 Å². The second-order valence-electron chi connectivity index (χ2n) is 5.73. The third kappa shape index (κ3) is 3.98. The molecule has 1 N–H and O–H groups in total. The number of amides is 1. The van der Waals surface area contributed by atoms with Gasteiger partial charge in [-0.25, -0.2) is 4.98 Å². The van der Waals surface area contributed by atoms with E-state index in [1.54, 1.807) is 24.3 Å². The number of rotatable bonds is 4. The van der Waals surface area contributed by atoms with Gasteiger partial charge in [-0.2, -0.15) is 5.26 Å². The van der Waals surface area contributed by atoms with Crippen LogP contribution in [-0.4, -0.2) is 16.1 Å². The summed E-state index contributed by atoms with van der Waals surface area (Å²) < 4.78 is 0. The number of hydrogen-bond donors (Lipinski definition) is 1. The highest BCUT2D eigenvalue weighted by Crippen LogP contribution is 2.27. The van der Waals surface area contributed by atoms with Crippen molar-refractivity contribution < 1.29 is 4.79 Å². The molecule has 25 heavy (non-hydrogen) atoms. The molecule has 0 radical (unpaired) electrons. The zero-order chi connectivity index (χ0) is 17.8. The van der Waals surface area contributed by atoms with Crippen LogP contribution >= 0.6 is 11.8 Å². The van der Waals surface area contributed by atoms with Gasteiger partial charge in [0.05, 0.1) is 27.4 Å². The van der Waals surface area contributed by atoms with Crippen LogP contribution in [0.1, 0.15) is 18.1 Å². The smallest absolute Gasteiger partial charge is 0.237 e. The van der Waals surface area contributed by atoms with Crippen LogP contribution in [0.25, 0.3) is 10.9 Å². The summed E-state index contributed by atoms with van der Waals surface area (Å²) in [5.74, 6) is -0.0951. The maximum atomic E-state index is 12.4. The molecule has 0 aliphatic rings. The van der Waals surface area contributed by atoms with Gasteiger partial charge in [-0.05, 0) is 55.8 Å². The Morgan fingerprint density at radius 1 is 1.20 bits per heavy atom. The predicted octanol–water partition coefficient (Wildman–Crippen LogP) is 4.53. The lowest BCUT2D eigenvalue weighted by atomic mass is 10.1. The van der Waals surface area contributed by atoms with Crippen LogP contribution in [0, 0.1) is 18.3 Å². The number of thioether (sulfide) groups is 1. The molecule has 1 unspecified atom stereocenters. The van der Waals surface area contributed by atoms with Crippen LogP contribution in [0.4, 0.5) is 5.69 Å². The van der Waals surface area contributed by atoms with Gasteiger partial charge in [0.25, 0.3) is 0 Å². The number of fused-ring (bicyclic) bond motifs is 1. The molecule has 1 aromatic heterocycles. The first kappa shape index (κ1) is 17.0. The number of nitrogens with one attached hydrogen (secondary N) is 1. The quantitative estimate of drug-likeness (QED) is 0.704. The van der Waals surface area contributed by atoms with E-state index in [0.717, 1.165) is 21.5 Å². The van der Waals surface area contributed by atoms with E-state index in [-0.39, 0.29) is 11.2 Å². The number of aromatic nitrogens is 1. The molecule has 4 nitrogen and oxygen atoms in total. The molecule has 1 amide bonds. The van der Waals surface area contributed by atoms with Crippen LogP contribution in [0.5, 0.6) is 0 Å². The highest BCUT2D eigenvalue weighted by atomic mass is 32.2. The Morgan fingerprint density at radius 2 is 1.92 bits per heavy atom. The summed E-state index contributed by atoms with van der Waals surface area (Å²) in [4.78, 5) is 17.0. The number of carbonyl (C=O) groups excluding carboxylic acids is 1. The van der Waals surface area contributed by atoms with Crippen LogP contribution in [0.3, 0.4) is 0 Å². The Kier molecular flexibility index (Phi) is 5.01. The third-order valence-corrected chi connectivity index (χ3v) is 4.87. The van der Waals surface area contributed by atoms with Gasteiger partial charge < -0.3 is 5.32 Å². The van der Waals surface area contributed by atoms with Crippen LogP contribution < -0.4 is 5.32 Å². The first-order valence-corrected chi connectivity index (χ1v) is 8.79. The standard InChI is InChI=1S/C20H17N3OS/c1-13-11-19(23-18-6-4-3-5-17(13)18)25-14(2)20(24)22-16-9-7-15(12-21)8-10-16/h3-11,14H,1-2H3,(H,22,24). The van der Waals surface area contributed by atoms with Crippen molar-refractivity contribution in [3.05, 3.63) is 65.7 Å². The first-order valence-electron chi connectivity index (χ1n) is 7.91. The van der Waals surface area contributed by atoms with E-state index >= 15 is 0 Å². The fourth-order valence-corrected chi connectivity index (χ4v) is 3.41.